The number of nitrogens with zero attached hydrogens (tertiary/aromatic N) is 1. The molecule has 1 aromatic carbocycles. The molecule has 1 heterocycles. The third kappa shape index (κ3) is 3.25. The molecule has 4 nitrogen and oxygen atoms in total. The summed E-state index contributed by atoms with van der Waals surface area (Å²) in [5.41, 5.74) is 0.384. The van der Waals surface area contributed by atoms with Gasteiger partial charge in [-0.1, -0.05) is 6.07 Å². The molecule has 2 N–H and O–H groups in total. The number of rotatable bonds is 3. The Morgan fingerprint density at radius 1 is 1.14 bits per heavy atom. The predicted molar refractivity (Wildman–Crippen MR) is 84.3 cm³/mol. The molecule has 0 aliphatic heterocycles. The molecule has 0 bridgehead atoms. The molecule has 116 valence electrons. The van der Waals surface area contributed by atoms with Crippen LogP contribution in [-0.2, 0) is 0 Å². The highest BCUT2D eigenvalue weighted by Gasteiger charge is 2.22. The number of carbonyl (C=O) groups is 1. The van der Waals surface area contributed by atoms with Crippen molar-refractivity contribution in [3.05, 3.63) is 42.0 Å². The lowest BCUT2D eigenvalue weighted by Crippen LogP contribution is -2.41. The van der Waals surface area contributed by atoms with Crippen LogP contribution in [0.25, 0.3) is 10.8 Å². The summed E-state index contributed by atoms with van der Waals surface area (Å²) in [6.45, 7) is 0. The second-order valence-electron chi connectivity index (χ2n) is 5.87. The van der Waals surface area contributed by atoms with Crippen LogP contribution < -0.4 is 10.6 Å². The van der Waals surface area contributed by atoms with Gasteiger partial charge in [0, 0.05) is 23.7 Å². The Morgan fingerprint density at radius 2 is 1.86 bits per heavy atom. The van der Waals surface area contributed by atoms with Crippen LogP contribution in [0.15, 0.2) is 30.5 Å². The van der Waals surface area contributed by atoms with Crippen molar-refractivity contribution < 1.29 is 9.18 Å². The molecule has 0 unspecified atom stereocenters. The summed E-state index contributed by atoms with van der Waals surface area (Å²) in [5, 5.41) is 7.85. The van der Waals surface area contributed by atoms with E-state index in [1.54, 1.807) is 18.3 Å². The Kier molecular flexibility index (Phi) is 4.34. The number of pyridine rings is 1. The summed E-state index contributed by atoms with van der Waals surface area (Å²) in [6.07, 6.45) is 5.66. The first-order chi connectivity index (χ1) is 10.7. The molecule has 22 heavy (non-hydrogen) atoms. The lowest BCUT2D eigenvalue weighted by atomic mass is 9.91. The van der Waals surface area contributed by atoms with E-state index in [0.717, 1.165) is 31.1 Å². The molecule has 1 saturated carbocycles. The van der Waals surface area contributed by atoms with Crippen LogP contribution in [0.5, 0.6) is 0 Å². The molecule has 2 aromatic rings. The highest BCUT2D eigenvalue weighted by atomic mass is 19.1. The Labute approximate surface area is 129 Å². The summed E-state index contributed by atoms with van der Waals surface area (Å²) in [5.74, 6) is -0.452. The van der Waals surface area contributed by atoms with Crippen molar-refractivity contribution in [3.8, 4) is 0 Å². The van der Waals surface area contributed by atoms with Crippen LogP contribution in [0.1, 0.15) is 36.2 Å². The molecule has 3 rings (SSSR count). The maximum Gasteiger partial charge on any atom is 0.270 e. The van der Waals surface area contributed by atoms with E-state index >= 15 is 0 Å². The quantitative estimate of drug-likeness (QED) is 0.916. The monoisotopic (exact) mass is 301 g/mol. The zero-order valence-corrected chi connectivity index (χ0v) is 12.6. The van der Waals surface area contributed by atoms with Crippen LogP contribution in [-0.4, -0.2) is 30.0 Å². The number of benzene rings is 1. The van der Waals surface area contributed by atoms with Crippen molar-refractivity contribution in [1.29, 1.82) is 0 Å². The zero-order chi connectivity index (χ0) is 15.5. The minimum atomic E-state index is -0.298. The number of carbonyl (C=O) groups excluding carboxylic acids is 1. The highest BCUT2D eigenvalue weighted by molar-refractivity contribution is 5.96. The van der Waals surface area contributed by atoms with E-state index in [1.165, 1.54) is 12.1 Å². The van der Waals surface area contributed by atoms with Crippen molar-refractivity contribution >= 4 is 16.7 Å². The average Bonchev–Trinajstić information content (AvgIpc) is 2.55. The Bertz CT molecular complexity index is 681. The second kappa shape index (κ2) is 6.40. The first kappa shape index (κ1) is 14.9. The maximum atomic E-state index is 13.2. The number of aromatic nitrogens is 1. The Hall–Kier alpha value is -2.01. The zero-order valence-electron chi connectivity index (χ0n) is 12.6. The van der Waals surface area contributed by atoms with Gasteiger partial charge in [0.1, 0.15) is 11.5 Å². The van der Waals surface area contributed by atoms with E-state index in [9.17, 15) is 9.18 Å². The highest BCUT2D eigenvalue weighted by Crippen LogP contribution is 2.19. The fraction of sp³-hybridized carbons (Fsp3) is 0.412. The van der Waals surface area contributed by atoms with Gasteiger partial charge in [0.05, 0.1) is 0 Å². The molecule has 1 aliphatic rings. The number of hydrogen-bond donors (Lipinski definition) is 2. The smallest absolute Gasteiger partial charge is 0.270 e. The van der Waals surface area contributed by atoms with Gasteiger partial charge in [0.15, 0.2) is 0 Å². The minimum absolute atomic E-state index is 0.154. The maximum absolute atomic E-state index is 13.2. The normalized spacial score (nSPS) is 21.7. The van der Waals surface area contributed by atoms with E-state index in [2.05, 4.69) is 15.6 Å². The number of halogens is 1. The molecule has 1 fully saturated rings. The summed E-state index contributed by atoms with van der Waals surface area (Å²) >= 11 is 0. The lowest BCUT2D eigenvalue weighted by molar-refractivity contribution is 0.0920. The van der Waals surface area contributed by atoms with E-state index < -0.39 is 0 Å². The van der Waals surface area contributed by atoms with Gasteiger partial charge in [0.25, 0.3) is 5.91 Å². The second-order valence-corrected chi connectivity index (χ2v) is 5.87. The topological polar surface area (TPSA) is 54.0 Å². The summed E-state index contributed by atoms with van der Waals surface area (Å²) in [6, 6.07) is 6.96. The van der Waals surface area contributed by atoms with Gasteiger partial charge in [-0.05, 0) is 56.3 Å². The summed E-state index contributed by atoms with van der Waals surface area (Å²) in [7, 11) is 1.98. The number of nitrogens with one attached hydrogen (secondary N) is 2. The van der Waals surface area contributed by atoms with Gasteiger partial charge in [-0.25, -0.2) is 4.39 Å². The van der Waals surface area contributed by atoms with Gasteiger partial charge in [-0.2, -0.15) is 0 Å². The van der Waals surface area contributed by atoms with Gasteiger partial charge < -0.3 is 10.6 Å². The number of amides is 1. The molecule has 0 saturated heterocycles. The van der Waals surface area contributed by atoms with Gasteiger partial charge in [0.2, 0.25) is 0 Å². The third-order valence-corrected chi connectivity index (χ3v) is 4.39. The molecule has 1 aliphatic carbocycles. The standard InChI is InChI=1S/C17H20FN3O/c1-19-14-4-6-15(7-5-14)21-17(22)16-9-11-2-3-13(18)8-12(11)10-20-16/h2-3,8-10,14-15,19H,4-7H2,1H3,(H,21,22). The molecule has 5 heteroatoms. The first-order valence-corrected chi connectivity index (χ1v) is 7.69. The van der Waals surface area contributed by atoms with Crippen LogP contribution in [0, 0.1) is 5.82 Å². The van der Waals surface area contributed by atoms with E-state index in [0.29, 0.717) is 17.1 Å². The fourth-order valence-electron chi connectivity index (χ4n) is 3.02. The molecule has 0 spiro atoms. The van der Waals surface area contributed by atoms with Crippen molar-refractivity contribution in [2.24, 2.45) is 0 Å². The Morgan fingerprint density at radius 3 is 2.59 bits per heavy atom. The van der Waals surface area contributed by atoms with Gasteiger partial charge in [-0.3, -0.25) is 9.78 Å². The SMILES string of the molecule is CNC1CCC(NC(=O)c2cc3ccc(F)cc3cn2)CC1. The van der Waals surface area contributed by atoms with Crippen LogP contribution >= 0.6 is 0 Å². The van der Waals surface area contributed by atoms with Crippen LogP contribution in [0.2, 0.25) is 0 Å². The summed E-state index contributed by atoms with van der Waals surface area (Å²) < 4.78 is 13.2. The van der Waals surface area contributed by atoms with Crippen molar-refractivity contribution in [3.63, 3.8) is 0 Å². The predicted octanol–water partition coefficient (Wildman–Crippen LogP) is 2.63. The number of fused-ring (bicyclic) bond motifs is 1. The van der Waals surface area contributed by atoms with Crippen LogP contribution in [0.4, 0.5) is 4.39 Å². The molecule has 1 aromatic heterocycles. The van der Waals surface area contributed by atoms with E-state index in [-0.39, 0.29) is 17.8 Å². The van der Waals surface area contributed by atoms with E-state index in [4.69, 9.17) is 0 Å². The van der Waals surface area contributed by atoms with Crippen molar-refractivity contribution in [2.45, 2.75) is 37.8 Å². The largest absolute Gasteiger partial charge is 0.348 e. The average molecular weight is 301 g/mol. The van der Waals surface area contributed by atoms with Crippen LogP contribution in [0.3, 0.4) is 0 Å². The summed E-state index contributed by atoms with van der Waals surface area (Å²) in [4.78, 5) is 16.5. The molecule has 0 radical (unpaired) electrons. The lowest BCUT2D eigenvalue weighted by Gasteiger charge is -2.28. The molecular formula is C17H20FN3O. The Balaban J connectivity index is 1.68. The number of hydrogen-bond acceptors (Lipinski definition) is 3. The molecule has 1 amide bonds. The molecule has 0 atom stereocenters. The van der Waals surface area contributed by atoms with E-state index in [1.807, 2.05) is 7.05 Å². The third-order valence-electron chi connectivity index (χ3n) is 4.39. The first-order valence-electron chi connectivity index (χ1n) is 7.69. The van der Waals surface area contributed by atoms with Crippen molar-refractivity contribution in [2.75, 3.05) is 7.05 Å². The molecular weight excluding hydrogens is 281 g/mol. The van der Waals surface area contributed by atoms with Gasteiger partial charge in [-0.15, -0.1) is 0 Å². The van der Waals surface area contributed by atoms with Crippen molar-refractivity contribution in [1.82, 2.24) is 15.6 Å². The van der Waals surface area contributed by atoms with Gasteiger partial charge >= 0.3 is 0 Å². The fourth-order valence-corrected chi connectivity index (χ4v) is 3.02. The minimum Gasteiger partial charge on any atom is -0.348 e.